The molecule has 3 nitrogen and oxygen atoms in total. The lowest BCUT2D eigenvalue weighted by Crippen LogP contribution is -2.33. The number of anilines is 1. The van der Waals surface area contributed by atoms with Crippen LogP contribution in [0.4, 0.5) is 10.1 Å². The number of rotatable bonds is 2. The quantitative estimate of drug-likeness (QED) is 0.753. The highest BCUT2D eigenvalue weighted by Crippen LogP contribution is 2.19. The van der Waals surface area contributed by atoms with Crippen molar-refractivity contribution in [2.45, 2.75) is 31.7 Å². The van der Waals surface area contributed by atoms with Gasteiger partial charge in [-0.25, -0.2) is 4.39 Å². The van der Waals surface area contributed by atoms with Gasteiger partial charge in [0.05, 0.1) is 5.56 Å². The van der Waals surface area contributed by atoms with Crippen LogP contribution in [0, 0.1) is 5.82 Å². The SMILES string of the molecule is Nc1ccc(F)c(C(=O)NC2CCCC2)c1. The van der Waals surface area contributed by atoms with Gasteiger partial charge in [0.25, 0.3) is 5.91 Å². The number of nitrogen functional groups attached to an aromatic ring is 1. The Balaban J connectivity index is 2.10. The monoisotopic (exact) mass is 222 g/mol. The fourth-order valence-electron chi connectivity index (χ4n) is 2.05. The molecule has 0 bridgehead atoms. The number of halogens is 1. The van der Waals surface area contributed by atoms with Crippen molar-refractivity contribution in [3.05, 3.63) is 29.6 Å². The molecular weight excluding hydrogens is 207 g/mol. The molecule has 0 aliphatic heterocycles. The lowest BCUT2D eigenvalue weighted by atomic mass is 10.1. The van der Waals surface area contributed by atoms with Gasteiger partial charge in [-0.05, 0) is 31.0 Å². The van der Waals surface area contributed by atoms with E-state index in [1.54, 1.807) is 0 Å². The standard InChI is InChI=1S/C12H15FN2O/c13-11-6-5-8(14)7-10(11)12(16)15-9-3-1-2-4-9/h5-7,9H,1-4,14H2,(H,15,16). The van der Waals surface area contributed by atoms with Gasteiger partial charge in [-0.2, -0.15) is 0 Å². The van der Waals surface area contributed by atoms with Gasteiger partial charge in [-0.3, -0.25) is 4.79 Å². The van der Waals surface area contributed by atoms with Gasteiger partial charge in [0.1, 0.15) is 5.82 Å². The Labute approximate surface area is 93.8 Å². The molecule has 1 saturated carbocycles. The van der Waals surface area contributed by atoms with Gasteiger partial charge >= 0.3 is 0 Å². The first kappa shape index (κ1) is 10.9. The van der Waals surface area contributed by atoms with Crippen LogP contribution in [0.5, 0.6) is 0 Å². The summed E-state index contributed by atoms with van der Waals surface area (Å²) in [6.45, 7) is 0. The van der Waals surface area contributed by atoms with E-state index in [-0.39, 0.29) is 17.5 Å². The molecule has 0 atom stereocenters. The van der Waals surface area contributed by atoms with E-state index < -0.39 is 5.82 Å². The molecular formula is C12H15FN2O. The minimum Gasteiger partial charge on any atom is -0.399 e. The van der Waals surface area contributed by atoms with Crippen molar-refractivity contribution in [1.29, 1.82) is 0 Å². The van der Waals surface area contributed by atoms with E-state index in [4.69, 9.17) is 5.73 Å². The molecule has 1 aliphatic rings. The number of hydrogen-bond donors (Lipinski definition) is 2. The number of carbonyl (C=O) groups excluding carboxylic acids is 1. The minimum atomic E-state index is -0.523. The molecule has 0 spiro atoms. The molecule has 1 aromatic carbocycles. The number of amides is 1. The Hall–Kier alpha value is -1.58. The largest absolute Gasteiger partial charge is 0.399 e. The van der Waals surface area contributed by atoms with Crippen LogP contribution in [0.2, 0.25) is 0 Å². The van der Waals surface area contributed by atoms with Crippen molar-refractivity contribution >= 4 is 11.6 Å². The van der Waals surface area contributed by atoms with Crippen LogP contribution in [0.1, 0.15) is 36.0 Å². The van der Waals surface area contributed by atoms with Crippen molar-refractivity contribution in [3.8, 4) is 0 Å². The summed E-state index contributed by atoms with van der Waals surface area (Å²) in [5, 5.41) is 2.83. The molecule has 1 aromatic rings. The number of carbonyl (C=O) groups is 1. The van der Waals surface area contributed by atoms with Crippen molar-refractivity contribution in [3.63, 3.8) is 0 Å². The lowest BCUT2D eigenvalue weighted by molar-refractivity contribution is 0.0934. The topological polar surface area (TPSA) is 55.1 Å². The third-order valence-electron chi connectivity index (χ3n) is 2.93. The first-order valence-electron chi connectivity index (χ1n) is 5.52. The summed E-state index contributed by atoms with van der Waals surface area (Å²) in [5.41, 5.74) is 5.96. The third kappa shape index (κ3) is 2.32. The van der Waals surface area contributed by atoms with E-state index in [1.165, 1.54) is 18.2 Å². The van der Waals surface area contributed by atoms with E-state index in [1.807, 2.05) is 0 Å². The minimum absolute atomic E-state index is 0.0342. The van der Waals surface area contributed by atoms with E-state index >= 15 is 0 Å². The molecule has 0 aromatic heterocycles. The fourth-order valence-corrected chi connectivity index (χ4v) is 2.05. The Morgan fingerprint density at radius 1 is 1.38 bits per heavy atom. The van der Waals surface area contributed by atoms with Gasteiger partial charge in [0.2, 0.25) is 0 Å². The molecule has 0 heterocycles. The number of hydrogen-bond acceptors (Lipinski definition) is 2. The zero-order valence-electron chi connectivity index (χ0n) is 9.00. The summed E-state index contributed by atoms with van der Waals surface area (Å²) in [5.74, 6) is -0.888. The maximum atomic E-state index is 13.4. The summed E-state index contributed by atoms with van der Waals surface area (Å²) in [4.78, 5) is 11.8. The normalized spacial score (nSPS) is 16.3. The second-order valence-corrected chi connectivity index (χ2v) is 4.19. The van der Waals surface area contributed by atoms with Gasteiger partial charge < -0.3 is 11.1 Å². The Morgan fingerprint density at radius 3 is 2.75 bits per heavy atom. The number of nitrogens with one attached hydrogen (secondary N) is 1. The molecule has 4 heteroatoms. The van der Waals surface area contributed by atoms with Crippen molar-refractivity contribution < 1.29 is 9.18 Å². The summed E-state index contributed by atoms with van der Waals surface area (Å²) >= 11 is 0. The van der Waals surface area contributed by atoms with Crippen molar-refractivity contribution in [1.82, 2.24) is 5.32 Å². The van der Waals surface area contributed by atoms with Crippen LogP contribution < -0.4 is 11.1 Å². The Bertz CT molecular complexity index is 400. The lowest BCUT2D eigenvalue weighted by Gasteiger charge is -2.12. The molecule has 3 N–H and O–H groups in total. The first-order valence-corrected chi connectivity index (χ1v) is 5.52. The highest BCUT2D eigenvalue weighted by atomic mass is 19.1. The fraction of sp³-hybridized carbons (Fsp3) is 0.417. The zero-order chi connectivity index (χ0) is 11.5. The molecule has 1 fully saturated rings. The maximum absolute atomic E-state index is 13.4. The maximum Gasteiger partial charge on any atom is 0.254 e. The first-order chi connectivity index (χ1) is 7.66. The molecule has 1 amide bonds. The predicted octanol–water partition coefficient (Wildman–Crippen LogP) is 2.08. The van der Waals surface area contributed by atoms with Crippen LogP contribution in [0.25, 0.3) is 0 Å². The number of nitrogens with two attached hydrogens (primary N) is 1. The number of benzene rings is 1. The van der Waals surface area contributed by atoms with Crippen LogP contribution in [0.15, 0.2) is 18.2 Å². The summed E-state index contributed by atoms with van der Waals surface area (Å²) in [7, 11) is 0. The molecule has 0 radical (unpaired) electrons. The molecule has 86 valence electrons. The van der Waals surface area contributed by atoms with Crippen molar-refractivity contribution in [2.75, 3.05) is 5.73 Å². The predicted molar refractivity (Wildman–Crippen MR) is 60.5 cm³/mol. The van der Waals surface area contributed by atoms with Gasteiger partial charge in [-0.1, -0.05) is 12.8 Å². The summed E-state index contributed by atoms with van der Waals surface area (Å²) in [6, 6.07) is 4.23. The van der Waals surface area contributed by atoms with Crippen LogP contribution in [0.3, 0.4) is 0 Å². The molecule has 2 rings (SSSR count). The zero-order valence-corrected chi connectivity index (χ0v) is 9.00. The van der Waals surface area contributed by atoms with E-state index in [2.05, 4.69) is 5.32 Å². The average Bonchev–Trinajstić information content (AvgIpc) is 2.74. The van der Waals surface area contributed by atoms with Crippen molar-refractivity contribution in [2.24, 2.45) is 0 Å². The summed E-state index contributed by atoms with van der Waals surface area (Å²) < 4.78 is 13.4. The molecule has 1 aliphatic carbocycles. The van der Waals surface area contributed by atoms with E-state index in [0.717, 1.165) is 25.7 Å². The van der Waals surface area contributed by atoms with Crippen LogP contribution >= 0.6 is 0 Å². The summed E-state index contributed by atoms with van der Waals surface area (Å²) in [6.07, 6.45) is 4.22. The van der Waals surface area contributed by atoms with Crippen LogP contribution in [-0.4, -0.2) is 11.9 Å². The highest BCUT2D eigenvalue weighted by molar-refractivity contribution is 5.95. The average molecular weight is 222 g/mol. The van der Waals surface area contributed by atoms with Gasteiger partial charge in [-0.15, -0.1) is 0 Å². The van der Waals surface area contributed by atoms with Crippen LogP contribution in [-0.2, 0) is 0 Å². The third-order valence-corrected chi connectivity index (χ3v) is 2.93. The highest BCUT2D eigenvalue weighted by Gasteiger charge is 2.19. The molecule has 16 heavy (non-hydrogen) atoms. The van der Waals surface area contributed by atoms with E-state index in [0.29, 0.717) is 5.69 Å². The second-order valence-electron chi connectivity index (χ2n) is 4.19. The smallest absolute Gasteiger partial charge is 0.254 e. The van der Waals surface area contributed by atoms with Gasteiger partial charge in [0, 0.05) is 11.7 Å². The Morgan fingerprint density at radius 2 is 2.06 bits per heavy atom. The molecule has 0 unspecified atom stereocenters. The van der Waals surface area contributed by atoms with Gasteiger partial charge in [0.15, 0.2) is 0 Å². The Kier molecular flexibility index (Phi) is 3.08. The molecule has 0 saturated heterocycles. The van der Waals surface area contributed by atoms with E-state index in [9.17, 15) is 9.18 Å². The second kappa shape index (κ2) is 4.51.